The van der Waals surface area contributed by atoms with Crippen molar-refractivity contribution in [2.24, 2.45) is 11.8 Å². The zero-order chi connectivity index (χ0) is 8.97. The molecule has 0 bridgehead atoms. The Hall–Kier alpha value is -0.570. The number of hydrogen-bond donors (Lipinski definition) is 1. The Morgan fingerprint density at radius 1 is 1.33 bits per heavy atom. The van der Waals surface area contributed by atoms with Gasteiger partial charge in [-0.15, -0.1) is 0 Å². The molecule has 0 aromatic rings. The largest absolute Gasteiger partial charge is 0.465 e. The monoisotopic (exact) mass is 172 g/mol. The Balaban J connectivity index is 0.000000336. The van der Waals surface area contributed by atoms with E-state index >= 15 is 0 Å². The van der Waals surface area contributed by atoms with Gasteiger partial charge in [-0.1, -0.05) is 12.8 Å². The molecule has 2 unspecified atom stereocenters. The summed E-state index contributed by atoms with van der Waals surface area (Å²) in [4.78, 5) is 11.0. The molecule has 1 saturated heterocycles. The maximum atomic E-state index is 11.0. The van der Waals surface area contributed by atoms with E-state index in [1.807, 2.05) is 0 Å². The number of cyclic esters (lactones) is 1. The smallest absolute Gasteiger partial charge is 0.309 e. The highest BCUT2D eigenvalue weighted by atomic mass is 16.5. The molecule has 1 saturated carbocycles. The first-order valence-corrected chi connectivity index (χ1v) is 4.49. The van der Waals surface area contributed by atoms with Gasteiger partial charge in [-0.05, 0) is 12.8 Å². The molecule has 12 heavy (non-hydrogen) atoms. The van der Waals surface area contributed by atoms with E-state index in [0.29, 0.717) is 12.5 Å². The molecule has 2 atom stereocenters. The predicted octanol–water partition coefficient (Wildman–Crippen LogP) is 0.958. The molecule has 1 aliphatic heterocycles. The average molecular weight is 172 g/mol. The van der Waals surface area contributed by atoms with Crippen LogP contribution in [-0.4, -0.2) is 24.8 Å². The van der Waals surface area contributed by atoms with Crippen molar-refractivity contribution >= 4 is 5.97 Å². The summed E-state index contributed by atoms with van der Waals surface area (Å²) >= 11 is 0. The van der Waals surface area contributed by atoms with Crippen LogP contribution in [0.15, 0.2) is 0 Å². The fourth-order valence-corrected chi connectivity index (χ4v) is 2.01. The number of carbonyl (C=O) groups excluding carboxylic acids is 1. The van der Waals surface area contributed by atoms with Crippen LogP contribution >= 0.6 is 0 Å². The first-order valence-electron chi connectivity index (χ1n) is 4.49. The molecule has 0 aromatic carbocycles. The third kappa shape index (κ3) is 1.78. The number of carbonyl (C=O) groups is 1. The van der Waals surface area contributed by atoms with Gasteiger partial charge in [0.25, 0.3) is 0 Å². The van der Waals surface area contributed by atoms with Gasteiger partial charge in [-0.2, -0.15) is 0 Å². The summed E-state index contributed by atoms with van der Waals surface area (Å²) < 4.78 is 4.96. The molecule has 0 aromatic heterocycles. The minimum atomic E-state index is 0.0599. The molecule has 1 heterocycles. The van der Waals surface area contributed by atoms with Crippen LogP contribution in [0.25, 0.3) is 0 Å². The van der Waals surface area contributed by atoms with E-state index in [4.69, 9.17) is 9.84 Å². The standard InChI is InChI=1S/C8H12O2.CH4O/c9-8-7-4-2-1-3-6(7)5-10-8;1-2/h6-7H,1-5H2;2H,1H3. The molecule has 3 heteroatoms. The zero-order valence-electron chi connectivity index (χ0n) is 7.45. The average Bonchev–Trinajstić information content (AvgIpc) is 2.53. The van der Waals surface area contributed by atoms with Gasteiger partial charge in [-0.25, -0.2) is 0 Å². The minimum absolute atomic E-state index is 0.0599. The van der Waals surface area contributed by atoms with Crippen molar-refractivity contribution in [3.8, 4) is 0 Å². The minimum Gasteiger partial charge on any atom is -0.465 e. The Morgan fingerprint density at radius 3 is 2.67 bits per heavy atom. The number of aliphatic hydroxyl groups excluding tert-OH is 1. The van der Waals surface area contributed by atoms with E-state index in [2.05, 4.69) is 0 Å². The molecule has 1 aliphatic carbocycles. The summed E-state index contributed by atoms with van der Waals surface area (Å²) in [5.74, 6) is 0.903. The van der Waals surface area contributed by atoms with Crippen LogP contribution < -0.4 is 0 Å². The van der Waals surface area contributed by atoms with Gasteiger partial charge >= 0.3 is 5.97 Å². The first kappa shape index (κ1) is 9.52. The third-order valence-electron chi connectivity index (χ3n) is 2.65. The van der Waals surface area contributed by atoms with Crippen LogP contribution in [0.2, 0.25) is 0 Å². The number of aliphatic hydroxyl groups is 1. The topological polar surface area (TPSA) is 46.5 Å². The first-order chi connectivity index (χ1) is 5.88. The lowest BCUT2D eigenvalue weighted by Crippen LogP contribution is -2.19. The van der Waals surface area contributed by atoms with Gasteiger partial charge in [0.15, 0.2) is 0 Å². The third-order valence-corrected chi connectivity index (χ3v) is 2.65. The number of ether oxygens (including phenoxy) is 1. The van der Waals surface area contributed by atoms with Gasteiger partial charge in [0, 0.05) is 13.0 Å². The lowest BCUT2D eigenvalue weighted by atomic mass is 9.81. The van der Waals surface area contributed by atoms with Crippen LogP contribution in [0.4, 0.5) is 0 Å². The molecular formula is C9H16O3. The van der Waals surface area contributed by atoms with Gasteiger partial charge in [0.05, 0.1) is 12.5 Å². The second-order valence-electron chi connectivity index (χ2n) is 3.28. The quantitative estimate of drug-likeness (QED) is 0.553. The van der Waals surface area contributed by atoms with Crippen molar-refractivity contribution < 1.29 is 14.6 Å². The Kier molecular flexibility index (Phi) is 3.53. The fourth-order valence-electron chi connectivity index (χ4n) is 2.01. The van der Waals surface area contributed by atoms with Gasteiger partial charge in [0.1, 0.15) is 0 Å². The maximum Gasteiger partial charge on any atom is 0.309 e. The van der Waals surface area contributed by atoms with Crippen molar-refractivity contribution in [3.05, 3.63) is 0 Å². The van der Waals surface area contributed by atoms with Crippen LogP contribution in [0, 0.1) is 11.8 Å². The van der Waals surface area contributed by atoms with E-state index in [-0.39, 0.29) is 11.9 Å². The molecule has 0 radical (unpaired) electrons. The number of rotatable bonds is 0. The molecule has 0 spiro atoms. The maximum absolute atomic E-state index is 11.0. The van der Waals surface area contributed by atoms with Crippen LogP contribution in [0.1, 0.15) is 25.7 Å². The van der Waals surface area contributed by atoms with E-state index in [9.17, 15) is 4.79 Å². The SMILES string of the molecule is CO.O=C1OCC2CCCCC12. The molecule has 70 valence electrons. The van der Waals surface area contributed by atoms with Crippen LogP contribution in [-0.2, 0) is 9.53 Å². The Morgan fingerprint density at radius 2 is 2.00 bits per heavy atom. The second-order valence-corrected chi connectivity index (χ2v) is 3.28. The van der Waals surface area contributed by atoms with Crippen molar-refractivity contribution in [3.63, 3.8) is 0 Å². The van der Waals surface area contributed by atoms with E-state index in [0.717, 1.165) is 13.5 Å². The molecule has 1 N–H and O–H groups in total. The number of esters is 1. The molecule has 2 rings (SSSR count). The summed E-state index contributed by atoms with van der Waals surface area (Å²) in [6.07, 6.45) is 4.79. The molecule has 2 aliphatic rings. The van der Waals surface area contributed by atoms with Crippen LogP contribution in [0.3, 0.4) is 0 Å². The normalized spacial score (nSPS) is 33.0. The predicted molar refractivity (Wildman–Crippen MR) is 44.5 cm³/mol. The molecule has 0 amide bonds. The van der Waals surface area contributed by atoms with Gasteiger partial charge in [-0.3, -0.25) is 4.79 Å². The Bertz CT molecular complexity index is 156. The van der Waals surface area contributed by atoms with Crippen molar-refractivity contribution in [2.75, 3.05) is 13.7 Å². The summed E-state index contributed by atoms with van der Waals surface area (Å²) in [7, 11) is 1.00. The van der Waals surface area contributed by atoms with Crippen molar-refractivity contribution in [1.82, 2.24) is 0 Å². The second kappa shape index (κ2) is 4.45. The molecular weight excluding hydrogens is 156 g/mol. The van der Waals surface area contributed by atoms with E-state index in [1.165, 1.54) is 19.3 Å². The zero-order valence-corrected chi connectivity index (χ0v) is 7.45. The highest BCUT2D eigenvalue weighted by Crippen LogP contribution is 2.35. The number of hydrogen-bond acceptors (Lipinski definition) is 3. The Labute approximate surface area is 72.7 Å². The molecule has 3 nitrogen and oxygen atoms in total. The summed E-state index contributed by atoms with van der Waals surface area (Å²) in [6.45, 7) is 0.698. The van der Waals surface area contributed by atoms with E-state index in [1.54, 1.807) is 0 Å². The number of fused-ring (bicyclic) bond motifs is 1. The van der Waals surface area contributed by atoms with Crippen molar-refractivity contribution in [1.29, 1.82) is 0 Å². The lowest BCUT2D eigenvalue weighted by Gasteiger charge is -2.19. The molecule has 2 fully saturated rings. The van der Waals surface area contributed by atoms with Gasteiger partial charge in [0.2, 0.25) is 0 Å². The summed E-state index contributed by atoms with van der Waals surface area (Å²) in [6, 6.07) is 0. The van der Waals surface area contributed by atoms with Crippen LogP contribution in [0.5, 0.6) is 0 Å². The summed E-state index contributed by atoms with van der Waals surface area (Å²) in [5.41, 5.74) is 0. The highest BCUT2D eigenvalue weighted by molar-refractivity contribution is 5.74. The van der Waals surface area contributed by atoms with E-state index < -0.39 is 0 Å². The van der Waals surface area contributed by atoms with Gasteiger partial charge < -0.3 is 9.84 Å². The van der Waals surface area contributed by atoms with Crippen molar-refractivity contribution in [2.45, 2.75) is 25.7 Å². The lowest BCUT2D eigenvalue weighted by molar-refractivity contribution is -0.141. The fraction of sp³-hybridized carbons (Fsp3) is 0.889. The highest BCUT2D eigenvalue weighted by Gasteiger charge is 2.37. The summed E-state index contributed by atoms with van der Waals surface area (Å²) in [5, 5.41) is 7.00.